The molecule has 6 nitrogen and oxygen atoms in total. The maximum atomic E-state index is 10.8. The molecule has 1 aliphatic heterocycles. The van der Waals surface area contributed by atoms with Gasteiger partial charge in [0.15, 0.2) is 0 Å². The van der Waals surface area contributed by atoms with Crippen molar-refractivity contribution in [2.45, 2.75) is 51.4 Å². The first-order valence-electron chi connectivity index (χ1n) is 5.47. The van der Waals surface area contributed by atoms with E-state index >= 15 is 0 Å². The Morgan fingerprint density at radius 1 is 1.62 bits per heavy atom. The molecule has 0 spiro atoms. The molecular formula is C10H17N3O3. The summed E-state index contributed by atoms with van der Waals surface area (Å²) >= 11 is 0. The van der Waals surface area contributed by atoms with E-state index in [0.717, 1.165) is 12.8 Å². The third kappa shape index (κ3) is 3.40. The summed E-state index contributed by atoms with van der Waals surface area (Å²) in [6, 6.07) is -0.103. The van der Waals surface area contributed by atoms with Gasteiger partial charge in [0.1, 0.15) is 0 Å². The minimum atomic E-state index is -0.825. The van der Waals surface area contributed by atoms with E-state index in [1.807, 2.05) is 6.92 Å². The SMILES string of the molecule is C[C@H](C(=O)O)[C@@H]1CC[C@H](C[C@H](C)N=[N+]=[N-])O1. The number of hydrogen-bond acceptors (Lipinski definition) is 3. The van der Waals surface area contributed by atoms with Gasteiger partial charge >= 0.3 is 5.97 Å². The molecule has 1 saturated heterocycles. The molecule has 1 rings (SSSR count). The van der Waals surface area contributed by atoms with Crippen molar-refractivity contribution in [3.05, 3.63) is 10.4 Å². The molecule has 0 unspecified atom stereocenters. The van der Waals surface area contributed by atoms with Crippen molar-refractivity contribution in [1.29, 1.82) is 0 Å². The molecule has 0 radical (unpaired) electrons. The lowest BCUT2D eigenvalue weighted by Crippen LogP contribution is -2.26. The van der Waals surface area contributed by atoms with E-state index < -0.39 is 11.9 Å². The van der Waals surface area contributed by atoms with Gasteiger partial charge in [-0.05, 0) is 31.7 Å². The summed E-state index contributed by atoms with van der Waals surface area (Å²) in [6.07, 6.45) is 2.08. The highest BCUT2D eigenvalue weighted by Gasteiger charge is 2.33. The molecule has 0 aliphatic carbocycles. The summed E-state index contributed by atoms with van der Waals surface area (Å²) < 4.78 is 5.64. The van der Waals surface area contributed by atoms with E-state index in [1.165, 1.54) is 0 Å². The fraction of sp³-hybridized carbons (Fsp3) is 0.900. The van der Waals surface area contributed by atoms with E-state index in [0.29, 0.717) is 6.42 Å². The van der Waals surface area contributed by atoms with Crippen LogP contribution in [-0.2, 0) is 9.53 Å². The van der Waals surface area contributed by atoms with E-state index in [-0.39, 0.29) is 18.2 Å². The Bertz CT molecular complexity index is 302. The molecule has 0 saturated carbocycles. The molecule has 1 heterocycles. The molecule has 6 heteroatoms. The number of carboxylic acid groups (broad SMARTS) is 1. The van der Waals surface area contributed by atoms with Gasteiger partial charge in [0, 0.05) is 11.0 Å². The van der Waals surface area contributed by atoms with Crippen molar-refractivity contribution in [2.75, 3.05) is 0 Å². The molecule has 1 fully saturated rings. The van der Waals surface area contributed by atoms with Crippen molar-refractivity contribution in [1.82, 2.24) is 0 Å². The Hall–Kier alpha value is -1.26. The summed E-state index contributed by atoms with van der Waals surface area (Å²) in [5.41, 5.74) is 8.26. The number of ether oxygens (including phenoxy) is 1. The van der Waals surface area contributed by atoms with Gasteiger partial charge < -0.3 is 9.84 Å². The molecule has 0 aromatic carbocycles. The van der Waals surface area contributed by atoms with Gasteiger partial charge in [0.05, 0.1) is 18.1 Å². The van der Waals surface area contributed by atoms with Crippen molar-refractivity contribution >= 4 is 5.97 Å². The Morgan fingerprint density at radius 3 is 2.88 bits per heavy atom. The molecule has 16 heavy (non-hydrogen) atoms. The van der Waals surface area contributed by atoms with Crippen LogP contribution in [0.15, 0.2) is 5.11 Å². The predicted octanol–water partition coefficient (Wildman–Crippen LogP) is 2.34. The van der Waals surface area contributed by atoms with Crippen LogP contribution in [0.2, 0.25) is 0 Å². The van der Waals surface area contributed by atoms with Gasteiger partial charge in [-0.2, -0.15) is 0 Å². The first kappa shape index (κ1) is 12.8. The summed E-state index contributed by atoms with van der Waals surface area (Å²) in [6.45, 7) is 3.49. The summed E-state index contributed by atoms with van der Waals surface area (Å²) in [5.74, 6) is -1.30. The van der Waals surface area contributed by atoms with E-state index in [9.17, 15) is 4.79 Å². The number of carboxylic acids is 1. The lowest BCUT2D eigenvalue weighted by atomic mass is 10.0. The van der Waals surface area contributed by atoms with Gasteiger partial charge in [0.2, 0.25) is 0 Å². The minimum absolute atomic E-state index is 0.0206. The Kier molecular flexibility index (Phi) is 4.58. The fourth-order valence-electron chi connectivity index (χ4n) is 1.95. The zero-order valence-electron chi connectivity index (χ0n) is 9.54. The molecule has 0 aromatic heterocycles. The number of azide groups is 1. The highest BCUT2D eigenvalue weighted by molar-refractivity contribution is 5.70. The second-order valence-electron chi connectivity index (χ2n) is 4.29. The van der Waals surface area contributed by atoms with Crippen LogP contribution in [-0.4, -0.2) is 29.3 Å². The number of hydrogen-bond donors (Lipinski definition) is 1. The smallest absolute Gasteiger partial charge is 0.308 e. The highest BCUT2D eigenvalue weighted by atomic mass is 16.5. The summed E-state index contributed by atoms with van der Waals surface area (Å²) in [5, 5.41) is 12.4. The number of aliphatic carboxylic acids is 1. The fourth-order valence-corrected chi connectivity index (χ4v) is 1.95. The van der Waals surface area contributed by atoms with E-state index in [1.54, 1.807) is 6.92 Å². The van der Waals surface area contributed by atoms with Crippen LogP contribution in [0.25, 0.3) is 10.4 Å². The number of carbonyl (C=O) groups is 1. The van der Waals surface area contributed by atoms with Gasteiger partial charge in [-0.15, -0.1) is 0 Å². The third-order valence-electron chi connectivity index (χ3n) is 2.94. The highest BCUT2D eigenvalue weighted by Crippen LogP contribution is 2.28. The molecule has 0 bridgehead atoms. The third-order valence-corrected chi connectivity index (χ3v) is 2.94. The van der Waals surface area contributed by atoms with Crippen molar-refractivity contribution < 1.29 is 14.6 Å². The first-order chi connectivity index (χ1) is 7.54. The maximum Gasteiger partial charge on any atom is 0.308 e. The lowest BCUT2D eigenvalue weighted by Gasteiger charge is -2.17. The van der Waals surface area contributed by atoms with Gasteiger partial charge in [-0.25, -0.2) is 0 Å². The Balaban J connectivity index is 2.40. The lowest BCUT2D eigenvalue weighted by molar-refractivity contribution is -0.146. The monoisotopic (exact) mass is 227 g/mol. The van der Waals surface area contributed by atoms with Crippen LogP contribution in [0.5, 0.6) is 0 Å². The Labute approximate surface area is 94.2 Å². The second-order valence-corrected chi connectivity index (χ2v) is 4.29. The molecule has 90 valence electrons. The van der Waals surface area contributed by atoms with E-state index in [4.69, 9.17) is 15.4 Å². The van der Waals surface area contributed by atoms with Crippen molar-refractivity contribution in [3.63, 3.8) is 0 Å². The van der Waals surface area contributed by atoms with Gasteiger partial charge in [-0.1, -0.05) is 12.0 Å². The normalized spacial score (nSPS) is 28.1. The molecule has 1 aliphatic rings. The minimum Gasteiger partial charge on any atom is -0.481 e. The van der Waals surface area contributed by atoms with Gasteiger partial charge in [0.25, 0.3) is 0 Å². The van der Waals surface area contributed by atoms with Crippen LogP contribution >= 0.6 is 0 Å². The van der Waals surface area contributed by atoms with Crippen LogP contribution < -0.4 is 0 Å². The zero-order valence-corrected chi connectivity index (χ0v) is 9.54. The van der Waals surface area contributed by atoms with Crippen molar-refractivity contribution in [3.8, 4) is 0 Å². The largest absolute Gasteiger partial charge is 0.481 e. The number of rotatable bonds is 5. The summed E-state index contributed by atoms with van der Waals surface area (Å²) in [4.78, 5) is 13.5. The number of nitrogens with zero attached hydrogens (tertiary/aromatic N) is 3. The van der Waals surface area contributed by atoms with Crippen LogP contribution in [0.3, 0.4) is 0 Å². The average Bonchev–Trinajstić information content (AvgIpc) is 2.65. The predicted molar refractivity (Wildman–Crippen MR) is 57.9 cm³/mol. The summed E-state index contributed by atoms with van der Waals surface area (Å²) in [7, 11) is 0. The molecule has 1 N–H and O–H groups in total. The maximum absolute atomic E-state index is 10.8. The van der Waals surface area contributed by atoms with Crippen LogP contribution in [0, 0.1) is 5.92 Å². The van der Waals surface area contributed by atoms with Crippen LogP contribution in [0.1, 0.15) is 33.1 Å². The Morgan fingerprint density at radius 2 is 2.31 bits per heavy atom. The van der Waals surface area contributed by atoms with E-state index in [2.05, 4.69) is 10.0 Å². The molecule has 0 amide bonds. The second kappa shape index (κ2) is 5.72. The zero-order chi connectivity index (χ0) is 12.1. The van der Waals surface area contributed by atoms with Gasteiger partial charge in [-0.3, -0.25) is 4.79 Å². The standard InChI is InChI=1S/C10H17N3O3/c1-6(12-13-11)5-8-3-4-9(16-8)7(2)10(14)15/h6-9H,3-5H2,1-2H3,(H,14,15)/t6-,7-,8+,9-/m0/s1. The molecule has 0 aromatic rings. The first-order valence-corrected chi connectivity index (χ1v) is 5.47. The van der Waals surface area contributed by atoms with Crippen molar-refractivity contribution in [2.24, 2.45) is 11.0 Å². The average molecular weight is 227 g/mol. The molecule has 4 atom stereocenters. The quantitative estimate of drug-likeness (QED) is 0.443. The topological polar surface area (TPSA) is 95.3 Å². The van der Waals surface area contributed by atoms with Crippen LogP contribution in [0.4, 0.5) is 0 Å². The molecular weight excluding hydrogens is 210 g/mol.